The zero-order valence-corrected chi connectivity index (χ0v) is 7.00. The quantitative estimate of drug-likeness (QED) is 0.713. The first kappa shape index (κ1) is 8.27. The highest BCUT2D eigenvalue weighted by molar-refractivity contribution is 5.11. The van der Waals surface area contributed by atoms with E-state index in [1.807, 2.05) is 13.8 Å². The molecule has 0 aliphatic rings. The van der Waals surface area contributed by atoms with E-state index < -0.39 is 0 Å². The van der Waals surface area contributed by atoms with Crippen LogP contribution < -0.4 is 5.73 Å². The minimum Gasteiger partial charge on any atom is -0.361 e. The highest BCUT2D eigenvalue weighted by Gasteiger charge is 2.03. The van der Waals surface area contributed by atoms with Gasteiger partial charge in [0.1, 0.15) is 5.76 Å². The first-order valence-electron chi connectivity index (χ1n) is 3.86. The van der Waals surface area contributed by atoms with Gasteiger partial charge >= 0.3 is 0 Å². The topological polar surface area (TPSA) is 52.0 Å². The lowest BCUT2D eigenvalue weighted by Gasteiger charge is -2.01. The van der Waals surface area contributed by atoms with Crippen molar-refractivity contribution in [3.05, 3.63) is 17.5 Å². The average molecular weight is 154 g/mol. The second-order valence-electron chi connectivity index (χ2n) is 2.92. The Morgan fingerprint density at radius 2 is 2.45 bits per heavy atom. The van der Waals surface area contributed by atoms with Crippen molar-refractivity contribution in [2.45, 2.75) is 32.7 Å². The Hall–Kier alpha value is -0.830. The third kappa shape index (κ3) is 2.35. The van der Waals surface area contributed by atoms with Crippen molar-refractivity contribution in [1.82, 2.24) is 5.16 Å². The first-order valence-corrected chi connectivity index (χ1v) is 3.86. The van der Waals surface area contributed by atoms with E-state index in [2.05, 4.69) is 5.16 Å². The number of aryl methyl sites for hydroxylation is 2. The molecule has 0 saturated carbocycles. The minimum atomic E-state index is 0.254. The number of nitrogens with zero attached hydrogens (tertiary/aromatic N) is 1. The van der Waals surface area contributed by atoms with Gasteiger partial charge in [-0.3, -0.25) is 0 Å². The van der Waals surface area contributed by atoms with Gasteiger partial charge in [-0.15, -0.1) is 0 Å². The van der Waals surface area contributed by atoms with Crippen LogP contribution in [-0.2, 0) is 6.42 Å². The summed E-state index contributed by atoms with van der Waals surface area (Å²) < 4.78 is 4.91. The van der Waals surface area contributed by atoms with E-state index in [1.165, 1.54) is 5.56 Å². The monoisotopic (exact) mass is 154 g/mol. The first-order chi connectivity index (χ1) is 5.20. The van der Waals surface area contributed by atoms with Gasteiger partial charge in [-0.25, -0.2) is 0 Å². The van der Waals surface area contributed by atoms with Crippen LogP contribution in [0.5, 0.6) is 0 Å². The van der Waals surface area contributed by atoms with E-state index in [0.717, 1.165) is 18.6 Å². The van der Waals surface area contributed by atoms with Crippen molar-refractivity contribution in [2.75, 3.05) is 0 Å². The Labute approximate surface area is 66.6 Å². The summed E-state index contributed by atoms with van der Waals surface area (Å²) in [6.45, 7) is 3.92. The summed E-state index contributed by atoms with van der Waals surface area (Å²) in [5, 5.41) is 3.68. The number of hydrogen-bond acceptors (Lipinski definition) is 3. The van der Waals surface area contributed by atoms with Crippen LogP contribution in [0.2, 0.25) is 0 Å². The zero-order valence-electron chi connectivity index (χ0n) is 7.00. The molecule has 1 heterocycles. The maximum Gasteiger partial charge on any atom is 0.136 e. The van der Waals surface area contributed by atoms with E-state index in [4.69, 9.17) is 10.3 Å². The molecule has 0 radical (unpaired) electrons. The summed E-state index contributed by atoms with van der Waals surface area (Å²) in [4.78, 5) is 0. The largest absolute Gasteiger partial charge is 0.361 e. The molecule has 1 aromatic heterocycles. The second-order valence-corrected chi connectivity index (χ2v) is 2.92. The lowest BCUT2D eigenvalue weighted by molar-refractivity contribution is 0.396. The smallest absolute Gasteiger partial charge is 0.136 e. The fraction of sp³-hybridized carbons (Fsp3) is 0.625. The maximum atomic E-state index is 5.61. The Morgan fingerprint density at radius 3 is 2.91 bits per heavy atom. The summed E-state index contributed by atoms with van der Waals surface area (Å²) in [5.74, 6) is 0.908. The van der Waals surface area contributed by atoms with Gasteiger partial charge in [-0.2, -0.15) is 0 Å². The van der Waals surface area contributed by atoms with Gasteiger partial charge in [0, 0.05) is 11.6 Å². The molecule has 3 heteroatoms. The van der Waals surface area contributed by atoms with Gasteiger partial charge in [0.05, 0.1) is 6.20 Å². The van der Waals surface area contributed by atoms with Gasteiger partial charge < -0.3 is 10.3 Å². The molecule has 1 aromatic rings. The molecule has 2 N–H and O–H groups in total. The maximum absolute atomic E-state index is 5.61. The second kappa shape index (κ2) is 3.53. The molecule has 62 valence electrons. The fourth-order valence-electron chi connectivity index (χ4n) is 0.942. The summed E-state index contributed by atoms with van der Waals surface area (Å²) in [6, 6.07) is 0.254. The van der Waals surface area contributed by atoms with Crippen LogP contribution in [0, 0.1) is 6.92 Å². The molecule has 11 heavy (non-hydrogen) atoms. The summed E-state index contributed by atoms with van der Waals surface area (Å²) in [6.07, 6.45) is 3.72. The van der Waals surface area contributed by atoms with Crippen molar-refractivity contribution < 1.29 is 4.52 Å². The molecule has 0 amide bonds. The summed E-state index contributed by atoms with van der Waals surface area (Å²) in [5.41, 5.74) is 6.78. The molecule has 1 rings (SSSR count). The van der Waals surface area contributed by atoms with Gasteiger partial charge in [-0.05, 0) is 26.7 Å². The van der Waals surface area contributed by atoms with E-state index in [1.54, 1.807) is 6.20 Å². The Kier molecular flexibility index (Phi) is 2.65. The zero-order chi connectivity index (χ0) is 8.27. The van der Waals surface area contributed by atoms with Crippen LogP contribution in [0.4, 0.5) is 0 Å². The van der Waals surface area contributed by atoms with Crippen LogP contribution in [0.1, 0.15) is 24.7 Å². The van der Waals surface area contributed by atoms with Crippen LogP contribution in [0.25, 0.3) is 0 Å². The number of aromatic nitrogens is 1. The molecular weight excluding hydrogens is 140 g/mol. The third-order valence-corrected chi connectivity index (χ3v) is 1.72. The lowest BCUT2D eigenvalue weighted by Crippen LogP contribution is -2.15. The normalized spacial score (nSPS) is 13.4. The van der Waals surface area contributed by atoms with E-state index in [0.29, 0.717) is 0 Å². The SMILES string of the molecule is Cc1oncc1CC[C@H](C)N. The molecule has 0 saturated heterocycles. The van der Waals surface area contributed by atoms with Crippen LogP contribution in [0.3, 0.4) is 0 Å². The lowest BCUT2D eigenvalue weighted by atomic mass is 10.1. The van der Waals surface area contributed by atoms with Crippen molar-refractivity contribution >= 4 is 0 Å². The third-order valence-electron chi connectivity index (χ3n) is 1.72. The Balaban J connectivity index is 2.44. The van der Waals surface area contributed by atoms with Crippen molar-refractivity contribution in [2.24, 2.45) is 5.73 Å². The molecule has 0 spiro atoms. The number of nitrogens with two attached hydrogens (primary N) is 1. The standard InChI is InChI=1S/C8H14N2O/c1-6(9)3-4-8-5-10-11-7(8)2/h5-6H,3-4,9H2,1-2H3/t6-/m0/s1. The molecule has 0 unspecified atom stereocenters. The van der Waals surface area contributed by atoms with Gasteiger partial charge in [0.2, 0.25) is 0 Å². The molecule has 1 atom stereocenters. The molecule has 3 nitrogen and oxygen atoms in total. The Morgan fingerprint density at radius 1 is 1.73 bits per heavy atom. The van der Waals surface area contributed by atoms with E-state index >= 15 is 0 Å². The molecular formula is C8H14N2O. The fourth-order valence-corrected chi connectivity index (χ4v) is 0.942. The van der Waals surface area contributed by atoms with Gasteiger partial charge in [-0.1, -0.05) is 5.16 Å². The molecule has 0 aromatic carbocycles. The van der Waals surface area contributed by atoms with Crippen LogP contribution in [-0.4, -0.2) is 11.2 Å². The summed E-state index contributed by atoms with van der Waals surface area (Å²) >= 11 is 0. The highest BCUT2D eigenvalue weighted by atomic mass is 16.5. The predicted molar refractivity (Wildman–Crippen MR) is 43.2 cm³/mol. The minimum absolute atomic E-state index is 0.254. The van der Waals surface area contributed by atoms with Crippen LogP contribution in [0.15, 0.2) is 10.7 Å². The number of hydrogen-bond donors (Lipinski definition) is 1. The number of rotatable bonds is 3. The molecule has 0 aliphatic carbocycles. The van der Waals surface area contributed by atoms with E-state index in [9.17, 15) is 0 Å². The van der Waals surface area contributed by atoms with E-state index in [-0.39, 0.29) is 6.04 Å². The molecule has 0 aliphatic heterocycles. The van der Waals surface area contributed by atoms with Crippen molar-refractivity contribution in [3.8, 4) is 0 Å². The summed E-state index contributed by atoms with van der Waals surface area (Å²) in [7, 11) is 0. The predicted octanol–water partition coefficient (Wildman–Crippen LogP) is 1.26. The Bertz CT molecular complexity index is 218. The van der Waals surface area contributed by atoms with Crippen LogP contribution >= 0.6 is 0 Å². The van der Waals surface area contributed by atoms with Crippen molar-refractivity contribution in [3.63, 3.8) is 0 Å². The molecule has 0 fully saturated rings. The van der Waals surface area contributed by atoms with Gasteiger partial charge in [0.25, 0.3) is 0 Å². The van der Waals surface area contributed by atoms with Crippen molar-refractivity contribution in [1.29, 1.82) is 0 Å². The average Bonchev–Trinajstić information content (AvgIpc) is 2.31. The van der Waals surface area contributed by atoms with Gasteiger partial charge in [0.15, 0.2) is 0 Å². The molecule has 0 bridgehead atoms. The highest BCUT2D eigenvalue weighted by Crippen LogP contribution is 2.08.